The smallest absolute Gasteiger partial charge is 0.358 e. The van der Waals surface area contributed by atoms with Crippen LogP contribution < -0.4 is 17.7 Å². The summed E-state index contributed by atoms with van der Waals surface area (Å²) in [5.74, 6) is 1.25. The second kappa shape index (κ2) is 10.1. The van der Waals surface area contributed by atoms with Gasteiger partial charge in [-0.05, 0) is 63.8 Å². The minimum atomic E-state index is -0.370. The van der Waals surface area contributed by atoms with Crippen LogP contribution in [0.3, 0.4) is 0 Å². The number of rotatable bonds is 6. The summed E-state index contributed by atoms with van der Waals surface area (Å²) in [6, 6.07) is -0.168. The van der Waals surface area contributed by atoms with Crippen LogP contribution in [0.1, 0.15) is 50.0 Å². The van der Waals surface area contributed by atoms with Crippen LogP contribution in [0.5, 0.6) is 0 Å². The Balaban J connectivity index is 0.00000261. The summed E-state index contributed by atoms with van der Waals surface area (Å²) in [7, 11) is 0. The average molecular weight is 399 g/mol. The molecular weight excluding hydrogens is 370 g/mol. The number of piperidine rings is 1. The van der Waals surface area contributed by atoms with Crippen molar-refractivity contribution in [2.75, 3.05) is 19.8 Å². The molecule has 0 amide bonds. The van der Waals surface area contributed by atoms with Crippen molar-refractivity contribution < 1.29 is 31.5 Å². The third-order valence-electron chi connectivity index (χ3n) is 5.57. The molecule has 4 atom stereocenters. The minimum Gasteiger partial charge on any atom is -1.00 e. The molecule has 7 nitrogen and oxygen atoms in total. The van der Waals surface area contributed by atoms with Gasteiger partial charge in [0.1, 0.15) is 6.04 Å². The van der Waals surface area contributed by atoms with E-state index in [0.29, 0.717) is 36.7 Å². The number of halogens is 1. The molecule has 1 N–H and O–H groups in total. The lowest BCUT2D eigenvalue weighted by Crippen LogP contribution is -3.00. The van der Waals surface area contributed by atoms with Gasteiger partial charge in [-0.2, -0.15) is 0 Å². The van der Waals surface area contributed by atoms with Crippen molar-refractivity contribution in [2.45, 2.75) is 52.1 Å². The first-order valence-electron chi connectivity index (χ1n) is 9.69. The molecule has 0 bridgehead atoms. The van der Waals surface area contributed by atoms with Gasteiger partial charge in [-0.3, -0.25) is 4.79 Å². The Kier molecular flexibility index (Phi) is 8.10. The van der Waals surface area contributed by atoms with E-state index in [0.717, 1.165) is 25.9 Å². The summed E-state index contributed by atoms with van der Waals surface area (Å²) in [4.78, 5) is 27.9. The molecule has 1 saturated heterocycles. The highest BCUT2D eigenvalue weighted by Gasteiger charge is 2.38. The topological polar surface area (TPSA) is 82.5 Å². The first-order chi connectivity index (χ1) is 12.6. The van der Waals surface area contributed by atoms with Gasteiger partial charge in [-0.1, -0.05) is 0 Å². The van der Waals surface area contributed by atoms with Gasteiger partial charge in [0.2, 0.25) is 0 Å². The number of aromatic nitrogens is 2. The Morgan fingerprint density at radius 3 is 2.70 bits per heavy atom. The SMILES string of the molecule is CCOC(=O)c1cn(C[C@H]2CC[C@H]3CN[C@H](C(=O)OCC)C[C@H]3C2)cn1.[Cl-]. The minimum absolute atomic E-state index is 0. The molecule has 1 saturated carbocycles. The van der Waals surface area contributed by atoms with Crippen molar-refractivity contribution in [1.82, 2.24) is 14.9 Å². The second-order valence-electron chi connectivity index (χ2n) is 7.32. The molecule has 0 spiro atoms. The van der Waals surface area contributed by atoms with Crippen LogP contribution in [0.15, 0.2) is 12.5 Å². The van der Waals surface area contributed by atoms with Crippen molar-refractivity contribution in [2.24, 2.45) is 17.8 Å². The number of hydrogen-bond acceptors (Lipinski definition) is 6. The van der Waals surface area contributed by atoms with Crippen molar-refractivity contribution in [3.63, 3.8) is 0 Å². The fourth-order valence-electron chi connectivity index (χ4n) is 4.32. The predicted molar refractivity (Wildman–Crippen MR) is 95.5 cm³/mol. The fraction of sp³-hybridized carbons (Fsp3) is 0.737. The van der Waals surface area contributed by atoms with E-state index in [4.69, 9.17) is 9.47 Å². The summed E-state index contributed by atoms with van der Waals surface area (Å²) in [5, 5.41) is 3.35. The number of esters is 2. The van der Waals surface area contributed by atoms with Gasteiger partial charge in [0.15, 0.2) is 5.69 Å². The summed E-state index contributed by atoms with van der Waals surface area (Å²) in [6.45, 7) is 6.17. The molecule has 1 aliphatic heterocycles. The maximum Gasteiger partial charge on any atom is 0.358 e. The van der Waals surface area contributed by atoms with E-state index < -0.39 is 0 Å². The van der Waals surface area contributed by atoms with Gasteiger partial charge in [0.25, 0.3) is 0 Å². The highest BCUT2D eigenvalue weighted by molar-refractivity contribution is 5.86. The Morgan fingerprint density at radius 2 is 1.96 bits per heavy atom. The predicted octanol–water partition coefficient (Wildman–Crippen LogP) is -0.979. The number of nitrogens with zero attached hydrogens (tertiary/aromatic N) is 2. The van der Waals surface area contributed by atoms with E-state index in [1.54, 1.807) is 19.4 Å². The van der Waals surface area contributed by atoms with Crippen LogP contribution >= 0.6 is 0 Å². The molecule has 1 aliphatic carbocycles. The van der Waals surface area contributed by atoms with Crippen molar-refractivity contribution in [1.29, 1.82) is 0 Å². The molecule has 0 radical (unpaired) electrons. The Hall–Kier alpha value is -1.60. The van der Waals surface area contributed by atoms with Gasteiger partial charge in [0.05, 0.1) is 19.5 Å². The Morgan fingerprint density at radius 1 is 1.19 bits per heavy atom. The lowest BCUT2D eigenvalue weighted by molar-refractivity contribution is -0.147. The summed E-state index contributed by atoms with van der Waals surface area (Å²) in [5.41, 5.74) is 0.366. The average Bonchev–Trinajstić information content (AvgIpc) is 3.10. The van der Waals surface area contributed by atoms with Crippen LogP contribution in [-0.2, 0) is 20.8 Å². The van der Waals surface area contributed by atoms with E-state index in [1.807, 2.05) is 11.5 Å². The van der Waals surface area contributed by atoms with Crippen LogP contribution in [0.4, 0.5) is 0 Å². The standard InChI is InChI=1S/C19H29N3O4.ClH/c1-3-25-18(23)16-8-15-7-13(5-6-14(15)9-20-16)10-22-11-17(21-12-22)19(24)26-4-2;/h11-16,20H,3-10H2,1-2H3;1H/p-1/t13-,14-,15+,16-;/m0./s1. The largest absolute Gasteiger partial charge is 1.00 e. The number of carbonyl (C=O) groups is 2. The molecule has 8 heteroatoms. The zero-order valence-corrected chi connectivity index (χ0v) is 16.8. The molecule has 0 unspecified atom stereocenters. The molecule has 27 heavy (non-hydrogen) atoms. The quantitative estimate of drug-likeness (QED) is 0.620. The number of nitrogens with one attached hydrogen (secondary N) is 1. The number of ether oxygens (including phenoxy) is 2. The van der Waals surface area contributed by atoms with Gasteiger partial charge in [-0.15, -0.1) is 0 Å². The Bertz CT molecular complexity index is 636. The molecule has 2 heterocycles. The number of hydrogen-bond donors (Lipinski definition) is 1. The summed E-state index contributed by atoms with van der Waals surface area (Å²) >= 11 is 0. The maximum atomic E-state index is 12.0. The van der Waals surface area contributed by atoms with Crippen LogP contribution in [-0.4, -0.2) is 47.3 Å². The van der Waals surface area contributed by atoms with Gasteiger partial charge in [0, 0.05) is 12.7 Å². The number of fused-ring (bicyclic) bond motifs is 1. The lowest BCUT2D eigenvalue weighted by Gasteiger charge is -2.42. The third kappa shape index (κ3) is 5.45. The van der Waals surface area contributed by atoms with Crippen molar-refractivity contribution in [3.8, 4) is 0 Å². The fourth-order valence-corrected chi connectivity index (χ4v) is 4.32. The normalized spacial score (nSPS) is 27.2. The van der Waals surface area contributed by atoms with Gasteiger partial charge in [-0.25, -0.2) is 9.78 Å². The lowest BCUT2D eigenvalue weighted by atomic mass is 9.69. The van der Waals surface area contributed by atoms with Crippen LogP contribution in [0.25, 0.3) is 0 Å². The molecule has 3 rings (SSSR count). The van der Waals surface area contributed by atoms with Crippen LogP contribution in [0, 0.1) is 17.8 Å². The highest BCUT2D eigenvalue weighted by Crippen LogP contribution is 2.39. The van der Waals surface area contributed by atoms with Crippen molar-refractivity contribution in [3.05, 3.63) is 18.2 Å². The first-order valence-corrected chi connectivity index (χ1v) is 9.69. The first kappa shape index (κ1) is 21.7. The van der Waals surface area contributed by atoms with E-state index in [2.05, 4.69) is 10.3 Å². The van der Waals surface area contributed by atoms with E-state index in [9.17, 15) is 9.59 Å². The van der Waals surface area contributed by atoms with Crippen LogP contribution in [0.2, 0.25) is 0 Å². The molecule has 1 aromatic heterocycles. The van der Waals surface area contributed by atoms with Gasteiger partial charge < -0.3 is 31.8 Å². The molecule has 2 aliphatic rings. The van der Waals surface area contributed by atoms with E-state index in [-0.39, 0.29) is 30.4 Å². The third-order valence-corrected chi connectivity index (χ3v) is 5.57. The molecule has 1 aromatic rings. The molecule has 152 valence electrons. The monoisotopic (exact) mass is 398 g/mol. The zero-order valence-electron chi connectivity index (χ0n) is 16.0. The highest BCUT2D eigenvalue weighted by atomic mass is 35.5. The second-order valence-corrected chi connectivity index (χ2v) is 7.32. The summed E-state index contributed by atoms with van der Waals surface area (Å²) < 4.78 is 12.1. The summed E-state index contributed by atoms with van der Waals surface area (Å²) in [6.07, 6.45) is 7.79. The zero-order chi connectivity index (χ0) is 18.5. The maximum absolute atomic E-state index is 12.0. The Labute approximate surface area is 166 Å². The molecule has 2 fully saturated rings. The van der Waals surface area contributed by atoms with E-state index >= 15 is 0 Å². The van der Waals surface area contributed by atoms with Gasteiger partial charge >= 0.3 is 11.9 Å². The molecule has 0 aromatic carbocycles. The number of imidazole rings is 1. The van der Waals surface area contributed by atoms with E-state index in [1.165, 1.54) is 12.8 Å². The molecular formula is C19H29ClN3O4-. The van der Waals surface area contributed by atoms with Crippen molar-refractivity contribution >= 4 is 11.9 Å². The number of carbonyl (C=O) groups excluding carboxylic acids is 2.